The largest absolute Gasteiger partial charge is 0.388 e. The summed E-state index contributed by atoms with van der Waals surface area (Å²) in [6.07, 6.45) is -0.0599. The van der Waals surface area contributed by atoms with E-state index in [0.717, 1.165) is 0 Å². The van der Waals surface area contributed by atoms with Gasteiger partial charge in [-0.15, -0.1) is 0 Å². The molecular formula is C11H14N4O4. The number of fused-ring (bicyclic) bond motifs is 1. The molecule has 0 bridgehead atoms. The van der Waals surface area contributed by atoms with Gasteiger partial charge in [-0.05, 0) is 6.42 Å². The maximum atomic E-state index is 11.5. The zero-order valence-electron chi connectivity index (χ0n) is 10.2. The topological polar surface area (TPSA) is 113 Å². The van der Waals surface area contributed by atoms with Crippen LogP contribution in [0.4, 0.5) is 0 Å². The predicted octanol–water partition coefficient (Wildman–Crippen LogP) is -0.851. The second-order valence-corrected chi connectivity index (χ2v) is 4.51. The third-order valence-electron chi connectivity index (χ3n) is 3.38. The number of rotatable bonds is 2. The molecule has 102 valence electrons. The van der Waals surface area contributed by atoms with E-state index in [0.29, 0.717) is 12.1 Å². The van der Waals surface area contributed by atoms with Crippen molar-refractivity contribution in [3.63, 3.8) is 0 Å². The van der Waals surface area contributed by atoms with Crippen LogP contribution in [-0.2, 0) is 4.74 Å². The molecule has 0 radical (unpaired) electrons. The van der Waals surface area contributed by atoms with Crippen molar-refractivity contribution in [1.82, 2.24) is 19.5 Å². The van der Waals surface area contributed by atoms with Gasteiger partial charge in [-0.25, -0.2) is 9.97 Å². The van der Waals surface area contributed by atoms with Gasteiger partial charge in [0, 0.05) is 0 Å². The Hall–Kier alpha value is -1.77. The van der Waals surface area contributed by atoms with Gasteiger partial charge in [-0.3, -0.25) is 9.36 Å². The molecule has 1 saturated heterocycles. The summed E-state index contributed by atoms with van der Waals surface area (Å²) in [6.45, 7) is 1.86. The van der Waals surface area contributed by atoms with Gasteiger partial charge in [0.25, 0.3) is 5.56 Å². The molecule has 3 rings (SSSR count). The highest BCUT2D eigenvalue weighted by Gasteiger charge is 2.43. The maximum Gasteiger partial charge on any atom is 0.278 e. The molecule has 0 spiro atoms. The smallest absolute Gasteiger partial charge is 0.278 e. The van der Waals surface area contributed by atoms with Crippen molar-refractivity contribution in [2.24, 2.45) is 0 Å². The van der Waals surface area contributed by atoms with Gasteiger partial charge in [0.2, 0.25) is 0 Å². The van der Waals surface area contributed by atoms with Gasteiger partial charge < -0.3 is 19.9 Å². The Morgan fingerprint density at radius 1 is 1.42 bits per heavy atom. The average molecular weight is 266 g/mol. The van der Waals surface area contributed by atoms with E-state index in [2.05, 4.69) is 15.0 Å². The standard InChI is InChI=1S/C11H14N4O4/c1-2-5-7(16)8(17)11(19-5)15-4-14-6-9(15)12-3-13-10(6)18/h3-5,7-8,11,16-17H,2H2,1H3,(H,12,13,18)/t5-,7?,8?,11-/m1/s1. The first kappa shape index (κ1) is 12.3. The molecule has 2 aromatic heterocycles. The van der Waals surface area contributed by atoms with Crippen LogP contribution in [0.15, 0.2) is 17.4 Å². The summed E-state index contributed by atoms with van der Waals surface area (Å²) in [5, 5.41) is 19.9. The van der Waals surface area contributed by atoms with Crippen LogP contribution in [0.1, 0.15) is 19.6 Å². The van der Waals surface area contributed by atoms with Gasteiger partial charge in [0.15, 0.2) is 17.4 Å². The van der Waals surface area contributed by atoms with Crippen LogP contribution in [0, 0.1) is 0 Å². The van der Waals surface area contributed by atoms with Gasteiger partial charge >= 0.3 is 0 Å². The number of imidazole rings is 1. The molecule has 2 unspecified atom stereocenters. The Kier molecular flexibility index (Phi) is 2.85. The van der Waals surface area contributed by atoms with Crippen molar-refractivity contribution in [2.75, 3.05) is 0 Å². The van der Waals surface area contributed by atoms with Crippen LogP contribution in [-0.4, -0.2) is 48.0 Å². The Labute approximate surface area is 107 Å². The van der Waals surface area contributed by atoms with Gasteiger partial charge in [0.05, 0.1) is 18.8 Å². The molecule has 4 atom stereocenters. The van der Waals surface area contributed by atoms with Crippen molar-refractivity contribution < 1.29 is 14.9 Å². The number of hydrogen-bond acceptors (Lipinski definition) is 6. The fraction of sp³-hybridized carbons (Fsp3) is 0.545. The van der Waals surface area contributed by atoms with E-state index in [1.165, 1.54) is 17.2 Å². The number of aliphatic hydroxyl groups excluding tert-OH is 2. The van der Waals surface area contributed by atoms with E-state index in [4.69, 9.17) is 4.74 Å². The first-order valence-corrected chi connectivity index (χ1v) is 6.05. The van der Waals surface area contributed by atoms with E-state index >= 15 is 0 Å². The molecule has 0 aliphatic carbocycles. The van der Waals surface area contributed by atoms with Crippen molar-refractivity contribution in [3.8, 4) is 0 Å². The van der Waals surface area contributed by atoms with Crippen LogP contribution >= 0.6 is 0 Å². The SMILES string of the molecule is CC[C@H]1O[C@@H](n2cnc3c(=O)[nH]cnc32)C(O)C1O. The van der Waals surface area contributed by atoms with Crippen molar-refractivity contribution in [2.45, 2.75) is 37.9 Å². The molecule has 19 heavy (non-hydrogen) atoms. The molecule has 3 heterocycles. The average Bonchev–Trinajstić information content (AvgIpc) is 2.94. The summed E-state index contributed by atoms with van der Waals surface area (Å²) in [6, 6.07) is 0. The van der Waals surface area contributed by atoms with E-state index < -0.39 is 24.5 Å². The van der Waals surface area contributed by atoms with Crippen LogP contribution in [0.5, 0.6) is 0 Å². The summed E-state index contributed by atoms with van der Waals surface area (Å²) in [4.78, 5) is 22.0. The van der Waals surface area contributed by atoms with Crippen LogP contribution in [0.25, 0.3) is 11.2 Å². The number of nitrogens with one attached hydrogen (secondary N) is 1. The minimum Gasteiger partial charge on any atom is -0.388 e. The quantitative estimate of drug-likeness (QED) is 0.652. The summed E-state index contributed by atoms with van der Waals surface area (Å²) in [5.74, 6) is 0. The number of ether oxygens (including phenoxy) is 1. The number of aromatic nitrogens is 4. The predicted molar refractivity (Wildman–Crippen MR) is 64.4 cm³/mol. The lowest BCUT2D eigenvalue weighted by Crippen LogP contribution is -2.31. The summed E-state index contributed by atoms with van der Waals surface area (Å²) in [5.41, 5.74) is 0.133. The molecule has 0 saturated carbocycles. The van der Waals surface area contributed by atoms with Crippen molar-refractivity contribution in [1.29, 1.82) is 0 Å². The highest BCUT2D eigenvalue weighted by molar-refractivity contribution is 5.68. The second kappa shape index (κ2) is 4.41. The molecule has 1 aliphatic rings. The Bertz CT molecular complexity index is 651. The number of H-pyrrole nitrogens is 1. The van der Waals surface area contributed by atoms with E-state index in [-0.39, 0.29) is 11.1 Å². The summed E-state index contributed by atoms with van der Waals surface area (Å²) < 4.78 is 7.06. The monoisotopic (exact) mass is 266 g/mol. The highest BCUT2D eigenvalue weighted by atomic mass is 16.6. The molecule has 2 aromatic rings. The first-order chi connectivity index (χ1) is 9.13. The van der Waals surface area contributed by atoms with Crippen molar-refractivity contribution in [3.05, 3.63) is 23.0 Å². The Balaban J connectivity index is 2.06. The zero-order valence-corrected chi connectivity index (χ0v) is 10.2. The van der Waals surface area contributed by atoms with Crippen LogP contribution < -0.4 is 5.56 Å². The van der Waals surface area contributed by atoms with Gasteiger partial charge in [-0.1, -0.05) is 6.92 Å². The maximum absolute atomic E-state index is 11.5. The number of aliphatic hydroxyl groups is 2. The molecule has 0 amide bonds. The molecule has 8 nitrogen and oxygen atoms in total. The molecular weight excluding hydrogens is 252 g/mol. The molecule has 0 aromatic carbocycles. The minimum atomic E-state index is -1.08. The van der Waals surface area contributed by atoms with E-state index in [9.17, 15) is 15.0 Å². The zero-order chi connectivity index (χ0) is 13.6. The number of nitrogens with zero attached hydrogens (tertiary/aromatic N) is 3. The molecule has 8 heteroatoms. The fourth-order valence-electron chi connectivity index (χ4n) is 2.35. The lowest BCUT2D eigenvalue weighted by atomic mass is 10.1. The molecule has 3 N–H and O–H groups in total. The van der Waals surface area contributed by atoms with Crippen LogP contribution in [0.3, 0.4) is 0 Å². The van der Waals surface area contributed by atoms with Crippen molar-refractivity contribution >= 4 is 11.2 Å². The normalized spacial score (nSPS) is 31.1. The van der Waals surface area contributed by atoms with E-state index in [1.54, 1.807) is 0 Å². The lowest BCUT2D eigenvalue weighted by Gasteiger charge is -2.16. The highest BCUT2D eigenvalue weighted by Crippen LogP contribution is 2.31. The van der Waals surface area contributed by atoms with Gasteiger partial charge in [0.1, 0.15) is 12.2 Å². The third-order valence-corrected chi connectivity index (χ3v) is 3.38. The third kappa shape index (κ3) is 1.76. The van der Waals surface area contributed by atoms with Crippen LogP contribution in [0.2, 0.25) is 0 Å². The minimum absolute atomic E-state index is 0.174. The second-order valence-electron chi connectivity index (χ2n) is 4.51. The Morgan fingerprint density at radius 3 is 2.89 bits per heavy atom. The lowest BCUT2D eigenvalue weighted by molar-refractivity contribution is -0.0355. The summed E-state index contributed by atoms with van der Waals surface area (Å²) in [7, 11) is 0. The Morgan fingerprint density at radius 2 is 2.21 bits per heavy atom. The number of hydrogen-bond donors (Lipinski definition) is 3. The summed E-state index contributed by atoms with van der Waals surface area (Å²) >= 11 is 0. The fourth-order valence-corrected chi connectivity index (χ4v) is 2.35. The molecule has 1 aliphatic heterocycles. The molecule has 1 fully saturated rings. The van der Waals surface area contributed by atoms with E-state index in [1.807, 2.05) is 6.92 Å². The number of aromatic amines is 1. The van der Waals surface area contributed by atoms with Gasteiger partial charge in [-0.2, -0.15) is 0 Å². The first-order valence-electron chi connectivity index (χ1n) is 6.05.